The molecule has 0 saturated carbocycles. The second-order valence-electron chi connectivity index (χ2n) is 2.49. The van der Waals surface area contributed by atoms with Gasteiger partial charge in [0.05, 0.1) is 7.11 Å². The van der Waals surface area contributed by atoms with E-state index >= 15 is 0 Å². The topological polar surface area (TPSA) is 72.8 Å². The Hall–Kier alpha value is -1.82. The van der Waals surface area contributed by atoms with E-state index in [1.54, 1.807) is 16.8 Å². The lowest BCUT2D eigenvalue weighted by atomic mass is 10.2. The molecular formula is C9H7NO4S. The first-order valence-electron chi connectivity index (χ1n) is 3.89. The molecular weight excluding hydrogens is 218 g/mol. The standard InChI is InChI=1S/C9H7NO4S/c1-14-9(12)7(10-13)4-8(11)6-2-3-15-5-6/h2-5H,1H3/b7-4-. The highest BCUT2D eigenvalue weighted by Gasteiger charge is 2.13. The number of hydrogen-bond donors (Lipinski definition) is 0. The van der Waals surface area contributed by atoms with Gasteiger partial charge in [0.1, 0.15) is 0 Å². The summed E-state index contributed by atoms with van der Waals surface area (Å²) in [5, 5.41) is 5.75. The van der Waals surface area contributed by atoms with Gasteiger partial charge in [-0.25, -0.2) is 4.79 Å². The van der Waals surface area contributed by atoms with Crippen molar-refractivity contribution in [2.45, 2.75) is 0 Å². The van der Waals surface area contributed by atoms with Crippen LogP contribution in [0.5, 0.6) is 0 Å². The Morgan fingerprint density at radius 1 is 1.53 bits per heavy atom. The highest BCUT2D eigenvalue weighted by molar-refractivity contribution is 7.08. The number of esters is 1. The van der Waals surface area contributed by atoms with E-state index in [-0.39, 0.29) is 0 Å². The minimum atomic E-state index is -0.923. The predicted octanol–water partition coefficient (Wildman–Crippen LogP) is 1.75. The van der Waals surface area contributed by atoms with Crippen LogP contribution in [0, 0.1) is 4.91 Å². The smallest absolute Gasteiger partial charge is 0.360 e. The molecule has 0 N–H and O–H groups in total. The van der Waals surface area contributed by atoms with E-state index in [0.29, 0.717) is 5.56 Å². The Morgan fingerprint density at radius 3 is 2.73 bits per heavy atom. The lowest BCUT2D eigenvalue weighted by molar-refractivity contribution is -0.136. The third-order valence-corrected chi connectivity index (χ3v) is 2.25. The number of carbonyl (C=O) groups excluding carboxylic acids is 2. The first-order chi connectivity index (χ1) is 7.19. The van der Waals surface area contributed by atoms with Crippen molar-refractivity contribution >= 4 is 23.1 Å². The summed E-state index contributed by atoms with van der Waals surface area (Å²) in [6.45, 7) is 0. The Bertz CT molecular complexity index is 408. The molecule has 0 bridgehead atoms. The summed E-state index contributed by atoms with van der Waals surface area (Å²) in [5.74, 6) is -1.37. The van der Waals surface area contributed by atoms with Crippen LogP contribution in [0.4, 0.5) is 0 Å². The van der Waals surface area contributed by atoms with Crippen LogP contribution in [0.15, 0.2) is 33.8 Å². The Balaban J connectivity index is 2.90. The fraction of sp³-hybridized carbons (Fsp3) is 0.111. The second kappa shape index (κ2) is 5.16. The van der Waals surface area contributed by atoms with E-state index in [4.69, 9.17) is 0 Å². The van der Waals surface area contributed by atoms with Crippen molar-refractivity contribution in [1.82, 2.24) is 0 Å². The van der Waals surface area contributed by atoms with Gasteiger partial charge in [0.2, 0.25) is 0 Å². The second-order valence-corrected chi connectivity index (χ2v) is 3.27. The fourth-order valence-electron chi connectivity index (χ4n) is 0.839. The number of ether oxygens (including phenoxy) is 1. The van der Waals surface area contributed by atoms with E-state index in [9.17, 15) is 14.5 Å². The maximum absolute atomic E-state index is 11.4. The number of nitrogens with zero attached hydrogens (tertiary/aromatic N) is 1. The van der Waals surface area contributed by atoms with Crippen LogP contribution in [0.3, 0.4) is 0 Å². The third-order valence-electron chi connectivity index (χ3n) is 1.57. The summed E-state index contributed by atoms with van der Waals surface area (Å²) >= 11 is 1.34. The average molecular weight is 225 g/mol. The molecule has 6 heteroatoms. The molecule has 0 unspecified atom stereocenters. The fourth-order valence-corrected chi connectivity index (χ4v) is 1.48. The number of nitroso groups, excluding NO2 is 1. The lowest BCUT2D eigenvalue weighted by Crippen LogP contribution is -2.05. The lowest BCUT2D eigenvalue weighted by Gasteiger charge is -1.94. The maximum atomic E-state index is 11.4. The van der Waals surface area contributed by atoms with Gasteiger partial charge in [-0.1, -0.05) is 0 Å². The monoisotopic (exact) mass is 225 g/mol. The molecule has 0 aliphatic heterocycles. The van der Waals surface area contributed by atoms with Crippen LogP contribution in [0.1, 0.15) is 10.4 Å². The van der Waals surface area contributed by atoms with Crippen LogP contribution < -0.4 is 0 Å². The summed E-state index contributed by atoms with van der Waals surface area (Å²) < 4.78 is 4.27. The Kier molecular flexibility index (Phi) is 3.87. The van der Waals surface area contributed by atoms with Crippen molar-refractivity contribution in [3.05, 3.63) is 39.1 Å². The number of thiophene rings is 1. The van der Waals surface area contributed by atoms with Crippen molar-refractivity contribution in [2.75, 3.05) is 7.11 Å². The number of ketones is 1. The average Bonchev–Trinajstić information content (AvgIpc) is 2.77. The van der Waals surface area contributed by atoms with Gasteiger partial charge in [0.15, 0.2) is 11.5 Å². The molecule has 0 spiro atoms. The zero-order chi connectivity index (χ0) is 11.3. The zero-order valence-corrected chi connectivity index (χ0v) is 8.61. The highest BCUT2D eigenvalue weighted by atomic mass is 32.1. The van der Waals surface area contributed by atoms with Crippen LogP contribution in [-0.2, 0) is 9.53 Å². The SMILES string of the molecule is COC(=O)/C(=C/C(=O)c1ccsc1)N=O. The molecule has 1 rings (SSSR count). The Labute approximate surface area is 89.3 Å². The molecule has 5 nitrogen and oxygen atoms in total. The molecule has 0 fully saturated rings. The number of rotatable bonds is 4. The minimum Gasteiger partial charge on any atom is -0.464 e. The van der Waals surface area contributed by atoms with Gasteiger partial charge in [-0.2, -0.15) is 11.3 Å². The van der Waals surface area contributed by atoms with Crippen molar-refractivity contribution in [2.24, 2.45) is 5.18 Å². The van der Waals surface area contributed by atoms with Crippen LogP contribution in [-0.4, -0.2) is 18.9 Å². The molecule has 1 aromatic heterocycles. The maximum Gasteiger partial charge on any atom is 0.360 e. The number of carbonyl (C=O) groups is 2. The van der Waals surface area contributed by atoms with Gasteiger partial charge in [-0.15, -0.1) is 4.91 Å². The first kappa shape index (κ1) is 11.3. The summed E-state index contributed by atoms with van der Waals surface area (Å²) in [7, 11) is 1.11. The van der Waals surface area contributed by atoms with E-state index < -0.39 is 17.4 Å². The summed E-state index contributed by atoms with van der Waals surface area (Å²) in [6.07, 6.45) is 0.862. The van der Waals surface area contributed by atoms with Crippen LogP contribution >= 0.6 is 11.3 Å². The van der Waals surface area contributed by atoms with E-state index in [1.807, 2.05) is 0 Å². The highest BCUT2D eigenvalue weighted by Crippen LogP contribution is 2.09. The summed E-state index contributed by atoms with van der Waals surface area (Å²) in [6, 6.07) is 1.59. The van der Waals surface area contributed by atoms with Gasteiger partial charge in [-0.3, -0.25) is 4.79 Å². The molecule has 0 aliphatic rings. The van der Waals surface area contributed by atoms with Gasteiger partial charge < -0.3 is 4.74 Å². The first-order valence-corrected chi connectivity index (χ1v) is 4.83. The molecule has 0 aliphatic carbocycles. The summed E-state index contributed by atoms with van der Waals surface area (Å²) in [5.41, 5.74) is -0.126. The molecule has 0 aromatic carbocycles. The van der Waals surface area contributed by atoms with Crippen molar-refractivity contribution in [3.63, 3.8) is 0 Å². The largest absolute Gasteiger partial charge is 0.464 e. The molecule has 0 amide bonds. The molecule has 0 saturated heterocycles. The van der Waals surface area contributed by atoms with Crippen molar-refractivity contribution < 1.29 is 14.3 Å². The molecule has 15 heavy (non-hydrogen) atoms. The van der Waals surface area contributed by atoms with Crippen molar-refractivity contribution in [1.29, 1.82) is 0 Å². The van der Waals surface area contributed by atoms with Crippen molar-refractivity contribution in [3.8, 4) is 0 Å². The predicted molar refractivity (Wildman–Crippen MR) is 54.5 cm³/mol. The van der Waals surface area contributed by atoms with Crippen LogP contribution in [0.2, 0.25) is 0 Å². The zero-order valence-electron chi connectivity index (χ0n) is 7.80. The molecule has 1 heterocycles. The minimum absolute atomic E-state index is 0.407. The quantitative estimate of drug-likeness (QED) is 0.338. The van der Waals surface area contributed by atoms with Gasteiger partial charge in [0, 0.05) is 17.0 Å². The van der Waals surface area contributed by atoms with E-state index in [1.165, 1.54) is 11.3 Å². The molecule has 78 valence electrons. The number of hydrogen-bond acceptors (Lipinski definition) is 6. The van der Waals surface area contributed by atoms with Gasteiger partial charge in [0.25, 0.3) is 0 Å². The summed E-state index contributed by atoms with van der Waals surface area (Å²) in [4.78, 5) is 32.6. The van der Waals surface area contributed by atoms with Gasteiger partial charge >= 0.3 is 5.97 Å². The third kappa shape index (κ3) is 2.81. The van der Waals surface area contributed by atoms with Crippen LogP contribution in [0.25, 0.3) is 0 Å². The number of allylic oxidation sites excluding steroid dienone is 1. The molecule has 0 radical (unpaired) electrons. The molecule has 1 aromatic rings. The van der Waals surface area contributed by atoms with E-state index in [2.05, 4.69) is 9.91 Å². The van der Waals surface area contributed by atoms with Gasteiger partial charge in [-0.05, 0) is 16.6 Å². The van der Waals surface area contributed by atoms with E-state index in [0.717, 1.165) is 13.2 Å². The molecule has 0 atom stereocenters. The normalized spacial score (nSPS) is 10.9. The number of methoxy groups -OCH3 is 1. The Morgan fingerprint density at radius 2 is 2.27 bits per heavy atom.